The van der Waals surface area contributed by atoms with Crippen molar-refractivity contribution in [3.8, 4) is 0 Å². The summed E-state index contributed by atoms with van der Waals surface area (Å²) in [6, 6.07) is 7.84. The van der Waals surface area contributed by atoms with Gasteiger partial charge in [-0.1, -0.05) is 31.2 Å². The van der Waals surface area contributed by atoms with Crippen molar-refractivity contribution >= 4 is 0 Å². The van der Waals surface area contributed by atoms with Crippen molar-refractivity contribution in [3.05, 3.63) is 35.4 Å². The molecule has 0 fully saturated rings. The first-order valence-electron chi connectivity index (χ1n) is 5.68. The minimum Gasteiger partial charge on any atom is -0.388 e. The molecule has 0 aliphatic carbocycles. The number of rotatable bonds is 6. The van der Waals surface area contributed by atoms with Crippen molar-refractivity contribution in [1.29, 1.82) is 0 Å². The third-order valence-electron chi connectivity index (χ3n) is 2.88. The molecule has 16 heavy (non-hydrogen) atoms. The summed E-state index contributed by atoms with van der Waals surface area (Å²) >= 11 is 0. The molecule has 1 rings (SSSR count). The number of hydrogen-bond donors (Lipinski definition) is 2. The zero-order chi connectivity index (χ0) is 12.0. The van der Waals surface area contributed by atoms with Gasteiger partial charge in [0.2, 0.25) is 0 Å². The predicted octanol–water partition coefficient (Wildman–Crippen LogP) is 1.85. The maximum atomic E-state index is 10.2. The molecule has 3 nitrogen and oxygen atoms in total. The minimum absolute atomic E-state index is 0.123. The lowest BCUT2D eigenvalue weighted by molar-refractivity contribution is 0.109. The van der Waals surface area contributed by atoms with Crippen LogP contribution in [-0.4, -0.2) is 18.8 Å². The molecular formula is C13H21NO2. The van der Waals surface area contributed by atoms with E-state index in [9.17, 15) is 5.11 Å². The lowest BCUT2D eigenvalue weighted by Gasteiger charge is -2.20. The molecule has 2 atom stereocenters. The Morgan fingerprint density at radius 2 is 2.19 bits per heavy atom. The standard InChI is InChI=1S/C13H21NO2/c1-3-11(8-14)13(15)12-6-4-5-10(7-12)9-16-2/h4-7,11,13,15H,3,8-9,14H2,1-2H3. The number of benzene rings is 1. The Hall–Kier alpha value is -0.900. The van der Waals surface area contributed by atoms with Crippen molar-refractivity contribution in [1.82, 2.24) is 0 Å². The second-order valence-electron chi connectivity index (χ2n) is 4.03. The van der Waals surface area contributed by atoms with E-state index in [1.165, 1.54) is 0 Å². The summed E-state index contributed by atoms with van der Waals surface area (Å²) < 4.78 is 5.07. The highest BCUT2D eigenvalue weighted by Crippen LogP contribution is 2.24. The average Bonchev–Trinajstić information content (AvgIpc) is 2.31. The van der Waals surface area contributed by atoms with Gasteiger partial charge in [0, 0.05) is 13.0 Å². The number of aliphatic hydroxyl groups excluding tert-OH is 1. The normalized spacial score (nSPS) is 14.8. The predicted molar refractivity (Wildman–Crippen MR) is 65.0 cm³/mol. The van der Waals surface area contributed by atoms with Crippen LogP contribution in [0.15, 0.2) is 24.3 Å². The largest absolute Gasteiger partial charge is 0.388 e. The molecule has 0 heterocycles. The van der Waals surface area contributed by atoms with Crippen molar-refractivity contribution in [2.45, 2.75) is 26.1 Å². The van der Waals surface area contributed by atoms with Crippen molar-refractivity contribution < 1.29 is 9.84 Å². The van der Waals surface area contributed by atoms with E-state index in [4.69, 9.17) is 10.5 Å². The van der Waals surface area contributed by atoms with Crippen molar-refractivity contribution in [2.75, 3.05) is 13.7 Å². The molecule has 90 valence electrons. The quantitative estimate of drug-likeness (QED) is 0.774. The molecule has 3 heteroatoms. The van der Waals surface area contributed by atoms with Crippen LogP contribution in [0.25, 0.3) is 0 Å². The van der Waals surface area contributed by atoms with Crippen LogP contribution in [0.5, 0.6) is 0 Å². The topological polar surface area (TPSA) is 55.5 Å². The van der Waals surface area contributed by atoms with Gasteiger partial charge >= 0.3 is 0 Å². The Morgan fingerprint density at radius 3 is 2.75 bits per heavy atom. The molecule has 1 aromatic rings. The van der Waals surface area contributed by atoms with Gasteiger partial charge in [0.15, 0.2) is 0 Å². The third-order valence-corrected chi connectivity index (χ3v) is 2.88. The van der Waals surface area contributed by atoms with Gasteiger partial charge in [0.1, 0.15) is 0 Å². The first-order valence-corrected chi connectivity index (χ1v) is 5.68. The van der Waals surface area contributed by atoms with Crippen LogP contribution >= 0.6 is 0 Å². The van der Waals surface area contributed by atoms with Crippen LogP contribution in [-0.2, 0) is 11.3 Å². The van der Waals surface area contributed by atoms with Gasteiger partial charge in [0.25, 0.3) is 0 Å². The summed E-state index contributed by atoms with van der Waals surface area (Å²) in [6.07, 6.45) is 0.401. The van der Waals surface area contributed by atoms with E-state index >= 15 is 0 Å². The monoisotopic (exact) mass is 223 g/mol. The number of hydrogen-bond acceptors (Lipinski definition) is 3. The van der Waals surface area contributed by atoms with Crippen LogP contribution in [0, 0.1) is 5.92 Å². The highest BCUT2D eigenvalue weighted by molar-refractivity contribution is 5.25. The van der Waals surface area contributed by atoms with E-state index in [1.54, 1.807) is 7.11 Å². The summed E-state index contributed by atoms with van der Waals surface area (Å²) in [6.45, 7) is 3.12. The summed E-state index contributed by atoms with van der Waals surface area (Å²) in [4.78, 5) is 0. The first-order chi connectivity index (χ1) is 7.72. The van der Waals surface area contributed by atoms with Crippen LogP contribution in [0.2, 0.25) is 0 Å². The van der Waals surface area contributed by atoms with Crippen molar-refractivity contribution in [3.63, 3.8) is 0 Å². The molecule has 0 amide bonds. The van der Waals surface area contributed by atoms with E-state index < -0.39 is 6.10 Å². The Kier molecular flexibility index (Phi) is 5.46. The summed E-state index contributed by atoms with van der Waals surface area (Å²) in [5, 5.41) is 10.2. The number of methoxy groups -OCH3 is 1. The van der Waals surface area contributed by atoms with Gasteiger partial charge in [-0.05, 0) is 24.1 Å². The van der Waals surface area contributed by atoms with E-state index in [-0.39, 0.29) is 5.92 Å². The molecule has 0 spiro atoms. The lowest BCUT2D eigenvalue weighted by Crippen LogP contribution is -2.21. The summed E-state index contributed by atoms with van der Waals surface area (Å²) in [7, 11) is 1.66. The molecule has 2 unspecified atom stereocenters. The fraction of sp³-hybridized carbons (Fsp3) is 0.538. The molecule has 0 bridgehead atoms. The number of aliphatic hydroxyl groups is 1. The van der Waals surface area contributed by atoms with Gasteiger partial charge in [-0.2, -0.15) is 0 Å². The summed E-state index contributed by atoms with van der Waals surface area (Å²) in [5.74, 6) is 0.123. The van der Waals surface area contributed by atoms with Crippen LogP contribution in [0.4, 0.5) is 0 Å². The van der Waals surface area contributed by atoms with E-state index in [0.29, 0.717) is 13.2 Å². The SMILES string of the molecule is CCC(CN)C(O)c1cccc(COC)c1. The minimum atomic E-state index is -0.480. The fourth-order valence-corrected chi connectivity index (χ4v) is 1.82. The Morgan fingerprint density at radius 1 is 1.44 bits per heavy atom. The maximum absolute atomic E-state index is 10.2. The van der Waals surface area contributed by atoms with Crippen molar-refractivity contribution in [2.24, 2.45) is 11.7 Å². The van der Waals surface area contributed by atoms with Crippen LogP contribution in [0.3, 0.4) is 0 Å². The zero-order valence-corrected chi connectivity index (χ0v) is 10.0. The third kappa shape index (κ3) is 3.30. The average molecular weight is 223 g/mol. The number of ether oxygens (including phenoxy) is 1. The Labute approximate surface area is 97.2 Å². The molecule has 0 saturated heterocycles. The molecule has 1 aromatic carbocycles. The van der Waals surface area contributed by atoms with Crippen LogP contribution in [0.1, 0.15) is 30.6 Å². The van der Waals surface area contributed by atoms with Gasteiger partial charge in [-0.15, -0.1) is 0 Å². The van der Waals surface area contributed by atoms with E-state index in [0.717, 1.165) is 17.5 Å². The van der Waals surface area contributed by atoms with Gasteiger partial charge < -0.3 is 15.6 Å². The smallest absolute Gasteiger partial charge is 0.0830 e. The summed E-state index contributed by atoms with van der Waals surface area (Å²) in [5.41, 5.74) is 7.63. The second-order valence-corrected chi connectivity index (χ2v) is 4.03. The van der Waals surface area contributed by atoms with Gasteiger partial charge in [0.05, 0.1) is 12.7 Å². The van der Waals surface area contributed by atoms with Gasteiger partial charge in [-0.25, -0.2) is 0 Å². The zero-order valence-electron chi connectivity index (χ0n) is 10.0. The highest BCUT2D eigenvalue weighted by atomic mass is 16.5. The lowest BCUT2D eigenvalue weighted by atomic mass is 9.93. The molecule has 0 aromatic heterocycles. The number of nitrogens with two attached hydrogens (primary N) is 1. The molecule has 3 N–H and O–H groups in total. The Balaban J connectivity index is 2.81. The van der Waals surface area contributed by atoms with E-state index in [2.05, 4.69) is 0 Å². The van der Waals surface area contributed by atoms with Gasteiger partial charge in [-0.3, -0.25) is 0 Å². The highest BCUT2D eigenvalue weighted by Gasteiger charge is 2.17. The van der Waals surface area contributed by atoms with Crippen LogP contribution < -0.4 is 5.73 Å². The first kappa shape index (κ1) is 13.2. The molecule has 0 saturated carbocycles. The van der Waals surface area contributed by atoms with E-state index in [1.807, 2.05) is 31.2 Å². The second kappa shape index (κ2) is 6.63. The Bertz CT molecular complexity index is 311. The molecule has 0 radical (unpaired) electrons. The molecule has 0 aliphatic heterocycles. The molecular weight excluding hydrogens is 202 g/mol. The maximum Gasteiger partial charge on any atom is 0.0830 e. The molecule has 0 aliphatic rings. The fourth-order valence-electron chi connectivity index (χ4n) is 1.82.